The third-order valence-corrected chi connectivity index (χ3v) is 2.10. The smallest absolute Gasteiger partial charge is 0.182 e. The van der Waals surface area contributed by atoms with Crippen molar-refractivity contribution in [2.24, 2.45) is 0 Å². The highest BCUT2D eigenvalue weighted by molar-refractivity contribution is 7.80. The maximum absolute atomic E-state index is 11.2. The van der Waals surface area contributed by atoms with E-state index in [1.165, 1.54) is 0 Å². The summed E-state index contributed by atoms with van der Waals surface area (Å²) in [5, 5.41) is 0. The van der Waals surface area contributed by atoms with Crippen LogP contribution in [0.3, 0.4) is 0 Å². The summed E-state index contributed by atoms with van der Waals surface area (Å²) >= 11 is 4.16. The first kappa shape index (κ1) is 8.34. The fourth-order valence-electron chi connectivity index (χ4n) is 0.825. The zero-order valence-corrected chi connectivity index (χ0v) is 7.48. The van der Waals surface area contributed by atoms with E-state index < -0.39 is 0 Å². The van der Waals surface area contributed by atoms with Gasteiger partial charge in [-0.1, -0.05) is 6.07 Å². The highest BCUT2D eigenvalue weighted by atomic mass is 32.1. The molecule has 0 aliphatic rings. The van der Waals surface area contributed by atoms with Gasteiger partial charge in [-0.15, -0.1) is 12.6 Å². The molecular weight excluding hydrogens is 156 g/mol. The largest absolute Gasteiger partial charge is 0.290 e. The molecule has 0 spiro atoms. The van der Waals surface area contributed by atoms with Crippen LogP contribution in [0.25, 0.3) is 0 Å². The number of thiol groups is 1. The Morgan fingerprint density at radius 1 is 1.27 bits per heavy atom. The number of hydrogen-bond acceptors (Lipinski definition) is 2. The van der Waals surface area contributed by atoms with Crippen LogP contribution in [0.1, 0.15) is 11.1 Å². The number of hydrogen-bond donors (Lipinski definition) is 1. The Bertz CT molecular complexity index is 331. The van der Waals surface area contributed by atoms with Gasteiger partial charge in [0.25, 0.3) is 0 Å². The summed E-state index contributed by atoms with van der Waals surface area (Å²) in [7, 11) is 0. The van der Waals surface area contributed by atoms with Crippen molar-refractivity contribution in [3.8, 4) is 0 Å². The quantitative estimate of drug-likeness (QED) is 0.583. The second kappa shape index (κ2) is 3.09. The Balaban J connectivity index is 3.57. The van der Waals surface area contributed by atoms with Crippen LogP contribution < -0.4 is 5.43 Å². The van der Waals surface area contributed by atoms with Gasteiger partial charge in [0.2, 0.25) is 0 Å². The zero-order chi connectivity index (χ0) is 8.43. The fourth-order valence-corrected chi connectivity index (χ4v) is 1.01. The second-order valence-corrected chi connectivity index (χ2v) is 3.08. The molecule has 0 bridgehead atoms. The van der Waals surface area contributed by atoms with Crippen molar-refractivity contribution in [1.29, 1.82) is 0 Å². The minimum absolute atomic E-state index is 0.0532. The maximum atomic E-state index is 11.2. The van der Waals surface area contributed by atoms with Gasteiger partial charge in [0.15, 0.2) is 5.43 Å². The fraction of sp³-hybridized carbons (Fsp3) is 0.222. The van der Waals surface area contributed by atoms with Crippen molar-refractivity contribution in [2.75, 3.05) is 0 Å². The molecule has 0 aliphatic heterocycles. The highest BCUT2D eigenvalue weighted by Crippen LogP contribution is 2.06. The molecule has 11 heavy (non-hydrogen) atoms. The van der Waals surface area contributed by atoms with E-state index in [1.807, 2.05) is 19.1 Å². The van der Waals surface area contributed by atoms with Gasteiger partial charge in [0.05, 0.1) is 0 Å². The molecule has 0 radical (unpaired) electrons. The molecule has 0 aliphatic carbocycles. The van der Waals surface area contributed by atoms with Gasteiger partial charge in [-0.3, -0.25) is 4.79 Å². The van der Waals surface area contributed by atoms with Crippen LogP contribution in [0, 0.1) is 13.8 Å². The van der Waals surface area contributed by atoms with Crippen molar-refractivity contribution >= 4 is 12.6 Å². The number of aryl methyl sites for hydroxylation is 1. The number of rotatable bonds is 0. The lowest BCUT2D eigenvalue weighted by Gasteiger charge is -1.85. The molecule has 0 saturated heterocycles. The molecule has 0 saturated carbocycles. The molecule has 58 valence electrons. The Hall–Kier alpha value is -0.760. The lowest BCUT2D eigenvalue weighted by molar-refractivity contribution is 1.30. The molecule has 1 nitrogen and oxygen atoms in total. The summed E-state index contributed by atoms with van der Waals surface area (Å²) < 4.78 is 0. The van der Waals surface area contributed by atoms with Crippen LogP contribution in [0.15, 0.2) is 27.9 Å². The Labute approximate surface area is 71.5 Å². The van der Waals surface area contributed by atoms with Crippen molar-refractivity contribution in [1.82, 2.24) is 0 Å². The lowest BCUT2D eigenvalue weighted by atomic mass is 10.3. The van der Waals surface area contributed by atoms with E-state index in [2.05, 4.69) is 12.6 Å². The molecule has 0 aromatic heterocycles. The SMILES string of the molecule is Cc1ccc(S)c(C)c(=O)c1. The van der Waals surface area contributed by atoms with Crippen LogP contribution >= 0.6 is 12.6 Å². The minimum Gasteiger partial charge on any atom is -0.290 e. The maximum Gasteiger partial charge on any atom is 0.182 e. The van der Waals surface area contributed by atoms with Gasteiger partial charge >= 0.3 is 0 Å². The highest BCUT2D eigenvalue weighted by Gasteiger charge is 1.94. The molecule has 0 amide bonds. The summed E-state index contributed by atoms with van der Waals surface area (Å²) in [6.07, 6.45) is 0. The molecule has 0 heterocycles. The topological polar surface area (TPSA) is 17.1 Å². The van der Waals surface area contributed by atoms with E-state index in [4.69, 9.17) is 0 Å². The summed E-state index contributed by atoms with van der Waals surface area (Å²) in [4.78, 5) is 12.0. The first-order chi connectivity index (χ1) is 5.11. The van der Waals surface area contributed by atoms with Gasteiger partial charge in [0.1, 0.15) is 0 Å². The van der Waals surface area contributed by atoms with Gasteiger partial charge in [-0.25, -0.2) is 0 Å². The average molecular weight is 166 g/mol. The van der Waals surface area contributed by atoms with Gasteiger partial charge in [0, 0.05) is 10.5 Å². The van der Waals surface area contributed by atoms with E-state index in [9.17, 15) is 4.79 Å². The molecule has 1 aromatic rings. The molecule has 0 atom stereocenters. The van der Waals surface area contributed by atoms with Crippen molar-refractivity contribution < 1.29 is 0 Å². The molecule has 0 unspecified atom stereocenters. The lowest BCUT2D eigenvalue weighted by Crippen LogP contribution is -1.99. The zero-order valence-electron chi connectivity index (χ0n) is 6.59. The summed E-state index contributed by atoms with van der Waals surface area (Å²) in [5.41, 5.74) is 1.73. The van der Waals surface area contributed by atoms with Crippen LogP contribution in [0.2, 0.25) is 0 Å². The molecular formula is C9H10OS. The van der Waals surface area contributed by atoms with Gasteiger partial charge in [-0.05, 0) is 31.5 Å². The molecule has 0 fully saturated rings. The van der Waals surface area contributed by atoms with E-state index in [-0.39, 0.29) is 5.43 Å². The van der Waals surface area contributed by atoms with E-state index in [0.29, 0.717) is 5.56 Å². The van der Waals surface area contributed by atoms with Gasteiger partial charge in [-0.2, -0.15) is 0 Å². The molecule has 1 aromatic carbocycles. The molecule has 2 heteroatoms. The summed E-state index contributed by atoms with van der Waals surface area (Å²) in [6.45, 7) is 3.68. The first-order valence-corrected chi connectivity index (χ1v) is 3.86. The van der Waals surface area contributed by atoms with Crippen LogP contribution in [-0.4, -0.2) is 0 Å². The monoisotopic (exact) mass is 166 g/mol. The minimum atomic E-state index is 0.0532. The van der Waals surface area contributed by atoms with Crippen molar-refractivity contribution in [2.45, 2.75) is 18.7 Å². The third kappa shape index (κ3) is 1.84. The van der Waals surface area contributed by atoms with E-state index in [0.717, 1.165) is 10.5 Å². The summed E-state index contributed by atoms with van der Waals surface area (Å²) in [5.74, 6) is 0. The van der Waals surface area contributed by atoms with Crippen LogP contribution in [-0.2, 0) is 0 Å². The summed E-state index contributed by atoms with van der Waals surface area (Å²) in [6, 6.07) is 5.35. The van der Waals surface area contributed by atoms with E-state index in [1.54, 1.807) is 13.0 Å². The third-order valence-electron chi connectivity index (χ3n) is 1.62. The normalized spacial score (nSPS) is 9.73. The van der Waals surface area contributed by atoms with Crippen LogP contribution in [0.5, 0.6) is 0 Å². The molecule has 1 rings (SSSR count). The predicted octanol–water partition coefficient (Wildman–Crippen LogP) is 1.95. The average Bonchev–Trinajstić information content (AvgIpc) is 2.05. The van der Waals surface area contributed by atoms with Crippen molar-refractivity contribution in [3.63, 3.8) is 0 Å². The standard InChI is InChI=1S/C9H10OS/c1-6-3-4-9(11)7(2)8(10)5-6/h3-5,11H,1-2H3. The van der Waals surface area contributed by atoms with Gasteiger partial charge < -0.3 is 0 Å². The molecule has 0 N–H and O–H groups in total. The Morgan fingerprint density at radius 2 is 1.91 bits per heavy atom. The predicted molar refractivity (Wildman–Crippen MR) is 49.4 cm³/mol. The van der Waals surface area contributed by atoms with E-state index >= 15 is 0 Å². The van der Waals surface area contributed by atoms with Crippen molar-refractivity contribution in [3.05, 3.63) is 39.5 Å². The first-order valence-electron chi connectivity index (χ1n) is 3.42. The Kier molecular flexibility index (Phi) is 2.35. The Morgan fingerprint density at radius 3 is 2.55 bits per heavy atom. The second-order valence-electron chi connectivity index (χ2n) is 2.60. The van der Waals surface area contributed by atoms with Crippen LogP contribution in [0.4, 0.5) is 0 Å².